The Labute approximate surface area is 184 Å². The minimum atomic E-state index is -0.203. The van der Waals surface area contributed by atoms with Crippen LogP contribution in [0, 0.1) is 5.92 Å². The Hall–Kier alpha value is -3.26. The Balaban J connectivity index is 1.43. The van der Waals surface area contributed by atoms with Gasteiger partial charge >= 0.3 is 0 Å². The van der Waals surface area contributed by atoms with Crippen LogP contribution in [0.2, 0.25) is 0 Å². The van der Waals surface area contributed by atoms with Crippen molar-refractivity contribution in [3.63, 3.8) is 0 Å². The van der Waals surface area contributed by atoms with Crippen molar-refractivity contribution in [2.45, 2.75) is 39.4 Å². The van der Waals surface area contributed by atoms with Crippen LogP contribution in [-0.4, -0.2) is 31.5 Å². The molecule has 3 aromatic heterocycles. The van der Waals surface area contributed by atoms with E-state index in [2.05, 4.69) is 15.5 Å². The zero-order valence-corrected chi connectivity index (χ0v) is 18.4. The van der Waals surface area contributed by atoms with Crippen molar-refractivity contribution < 1.29 is 4.79 Å². The molecule has 160 valence electrons. The second-order valence-corrected chi connectivity index (χ2v) is 8.76. The van der Waals surface area contributed by atoms with Crippen molar-refractivity contribution in [3.05, 3.63) is 70.5 Å². The van der Waals surface area contributed by atoms with Gasteiger partial charge in [0.1, 0.15) is 5.69 Å². The van der Waals surface area contributed by atoms with Gasteiger partial charge in [-0.05, 0) is 29.5 Å². The standard InChI is InChI=1S/C23H25N5O2S/c1-16(2)19(15-28-23(30)10-9-18(26-28)21-8-5-13-31-21)25-22(29)11-12-27-20-7-4-3-6-17(20)14-24-27/h3-10,13-14,16,19H,11-12,15H2,1-2H3,(H,25,29)/t19-/m0/s1. The van der Waals surface area contributed by atoms with Crippen molar-refractivity contribution in [1.82, 2.24) is 24.9 Å². The van der Waals surface area contributed by atoms with Crippen LogP contribution in [0.25, 0.3) is 21.5 Å². The Morgan fingerprint density at radius 1 is 1.10 bits per heavy atom. The predicted octanol–water partition coefficient (Wildman–Crippen LogP) is 3.55. The third-order valence-corrected chi connectivity index (χ3v) is 6.16. The number of carbonyl (C=O) groups excluding carboxylic acids is 1. The largest absolute Gasteiger partial charge is 0.351 e. The van der Waals surface area contributed by atoms with E-state index in [4.69, 9.17) is 0 Å². The molecule has 8 heteroatoms. The number of nitrogens with one attached hydrogen (secondary N) is 1. The van der Waals surface area contributed by atoms with Gasteiger partial charge in [-0.25, -0.2) is 4.68 Å². The number of benzene rings is 1. The second-order valence-electron chi connectivity index (χ2n) is 7.81. The molecule has 0 saturated heterocycles. The summed E-state index contributed by atoms with van der Waals surface area (Å²) in [6.45, 7) is 4.88. The van der Waals surface area contributed by atoms with E-state index in [9.17, 15) is 9.59 Å². The lowest BCUT2D eigenvalue weighted by Crippen LogP contribution is -2.44. The number of fused-ring (bicyclic) bond motifs is 1. The summed E-state index contributed by atoms with van der Waals surface area (Å²) in [6, 6.07) is 14.9. The van der Waals surface area contributed by atoms with E-state index in [1.165, 1.54) is 10.7 Å². The first kappa shape index (κ1) is 21.0. The minimum absolute atomic E-state index is 0.0688. The molecule has 0 aliphatic carbocycles. The van der Waals surface area contributed by atoms with Gasteiger partial charge in [-0.15, -0.1) is 11.3 Å². The molecule has 1 aromatic carbocycles. The monoisotopic (exact) mass is 435 g/mol. The maximum atomic E-state index is 12.7. The Morgan fingerprint density at radius 2 is 1.94 bits per heavy atom. The predicted molar refractivity (Wildman–Crippen MR) is 123 cm³/mol. The van der Waals surface area contributed by atoms with Gasteiger partial charge in [-0.3, -0.25) is 14.3 Å². The third-order valence-electron chi connectivity index (χ3n) is 5.26. The maximum Gasteiger partial charge on any atom is 0.266 e. The smallest absolute Gasteiger partial charge is 0.266 e. The number of hydrogen-bond acceptors (Lipinski definition) is 5. The summed E-state index contributed by atoms with van der Waals surface area (Å²) in [6.07, 6.45) is 2.12. The number of hydrogen-bond donors (Lipinski definition) is 1. The van der Waals surface area contributed by atoms with E-state index >= 15 is 0 Å². The van der Waals surface area contributed by atoms with Gasteiger partial charge < -0.3 is 5.32 Å². The molecule has 0 fully saturated rings. The molecule has 0 bridgehead atoms. The second kappa shape index (κ2) is 9.26. The van der Waals surface area contributed by atoms with Crippen LogP contribution in [0.4, 0.5) is 0 Å². The summed E-state index contributed by atoms with van der Waals surface area (Å²) in [4.78, 5) is 26.0. The van der Waals surface area contributed by atoms with Crippen LogP contribution < -0.4 is 10.9 Å². The Morgan fingerprint density at radius 3 is 2.71 bits per heavy atom. The lowest BCUT2D eigenvalue weighted by Gasteiger charge is -2.23. The van der Waals surface area contributed by atoms with Crippen molar-refractivity contribution in [2.75, 3.05) is 0 Å². The highest BCUT2D eigenvalue weighted by Crippen LogP contribution is 2.21. The molecule has 0 spiro atoms. The molecule has 0 aliphatic rings. The van der Waals surface area contributed by atoms with Gasteiger partial charge in [0.25, 0.3) is 5.56 Å². The number of nitrogens with zero attached hydrogens (tertiary/aromatic N) is 4. The maximum absolute atomic E-state index is 12.7. The molecule has 1 amide bonds. The molecule has 1 N–H and O–H groups in total. The summed E-state index contributed by atoms with van der Waals surface area (Å²) in [5, 5.41) is 15.0. The number of amides is 1. The van der Waals surface area contributed by atoms with Crippen molar-refractivity contribution in [1.29, 1.82) is 0 Å². The van der Waals surface area contributed by atoms with Crippen molar-refractivity contribution >= 4 is 28.1 Å². The number of thiophene rings is 1. The zero-order chi connectivity index (χ0) is 21.8. The fourth-order valence-electron chi connectivity index (χ4n) is 3.44. The molecule has 0 radical (unpaired) electrons. The van der Waals surface area contributed by atoms with Gasteiger partial charge in [-0.2, -0.15) is 10.2 Å². The number of para-hydroxylation sites is 1. The highest BCUT2D eigenvalue weighted by Gasteiger charge is 2.19. The molecule has 1 atom stereocenters. The zero-order valence-electron chi connectivity index (χ0n) is 17.6. The molecule has 7 nitrogen and oxygen atoms in total. The topological polar surface area (TPSA) is 81.8 Å². The Kier molecular flexibility index (Phi) is 6.27. The summed E-state index contributed by atoms with van der Waals surface area (Å²) in [5.41, 5.74) is 1.59. The van der Waals surface area contributed by atoms with Crippen molar-refractivity contribution in [3.8, 4) is 10.6 Å². The first-order valence-corrected chi connectivity index (χ1v) is 11.2. The van der Waals surface area contributed by atoms with Gasteiger partial charge in [-0.1, -0.05) is 38.1 Å². The quantitative estimate of drug-likeness (QED) is 0.459. The van der Waals surface area contributed by atoms with Crippen LogP contribution in [0.3, 0.4) is 0 Å². The molecule has 4 aromatic rings. The average molecular weight is 436 g/mol. The van der Waals surface area contributed by atoms with Crippen LogP contribution in [0.15, 0.2) is 64.9 Å². The summed E-state index contributed by atoms with van der Waals surface area (Å²) >= 11 is 1.58. The lowest BCUT2D eigenvalue weighted by molar-refractivity contribution is -0.122. The molecular formula is C23H25N5O2S. The van der Waals surface area contributed by atoms with Gasteiger partial charge in [0.05, 0.1) is 35.7 Å². The first-order valence-electron chi connectivity index (χ1n) is 10.3. The van der Waals surface area contributed by atoms with E-state index in [-0.39, 0.29) is 23.4 Å². The Bertz CT molecular complexity index is 1230. The van der Waals surface area contributed by atoms with Crippen LogP contribution >= 0.6 is 11.3 Å². The number of rotatable bonds is 8. The molecule has 0 aliphatic heterocycles. The summed E-state index contributed by atoms with van der Waals surface area (Å²) < 4.78 is 3.29. The summed E-state index contributed by atoms with van der Waals surface area (Å²) in [5.74, 6) is 0.0781. The number of aryl methyl sites for hydroxylation is 1. The van der Waals surface area contributed by atoms with Crippen LogP contribution in [0.5, 0.6) is 0 Å². The van der Waals surface area contributed by atoms with E-state index in [1.54, 1.807) is 17.4 Å². The molecule has 4 rings (SSSR count). The van der Waals surface area contributed by atoms with Crippen LogP contribution in [0.1, 0.15) is 20.3 Å². The SMILES string of the molecule is CC(C)[C@H](Cn1nc(-c2cccs2)ccc1=O)NC(=O)CCn1ncc2ccccc21. The molecule has 0 unspecified atom stereocenters. The highest BCUT2D eigenvalue weighted by molar-refractivity contribution is 7.13. The molecular weight excluding hydrogens is 410 g/mol. The van der Waals surface area contributed by atoms with Gasteiger partial charge in [0, 0.05) is 17.9 Å². The average Bonchev–Trinajstić information content (AvgIpc) is 3.43. The minimum Gasteiger partial charge on any atom is -0.351 e. The van der Waals surface area contributed by atoms with Crippen molar-refractivity contribution in [2.24, 2.45) is 5.92 Å². The fourth-order valence-corrected chi connectivity index (χ4v) is 4.13. The van der Waals surface area contributed by atoms with Crippen LogP contribution in [-0.2, 0) is 17.9 Å². The highest BCUT2D eigenvalue weighted by atomic mass is 32.1. The van der Waals surface area contributed by atoms with E-state index in [1.807, 2.05) is 66.5 Å². The normalized spacial score (nSPS) is 12.4. The van der Waals surface area contributed by atoms with Gasteiger partial charge in [0.15, 0.2) is 0 Å². The lowest BCUT2D eigenvalue weighted by atomic mass is 10.0. The molecule has 0 saturated carbocycles. The fraction of sp³-hybridized carbons (Fsp3) is 0.304. The number of carbonyl (C=O) groups is 1. The third kappa shape index (κ3) is 4.91. The van der Waals surface area contributed by atoms with E-state index < -0.39 is 0 Å². The summed E-state index contributed by atoms with van der Waals surface area (Å²) in [7, 11) is 0. The van der Waals surface area contributed by atoms with E-state index in [0.29, 0.717) is 19.5 Å². The van der Waals surface area contributed by atoms with Gasteiger partial charge in [0.2, 0.25) is 5.91 Å². The molecule has 31 heavy (non-hydrogen) atoms. The molecule has 3 heterocycles. The van der Waals surface area contributed by atoms with E-state index in [0.717, 1.165) is 21.5 Å². The first-order chi connectivity index (χ1) is 15.0. The number of aromatic nitrogens is 4.